The van der Waals surface area contributed by atoms with E-state index in [4.69, 9.17) is 0 Å². The van der Waals surface area contributed by atoms with Gasteiger partial charge in [-0.1, -0.05) is 96.6 Å². The maximum Gasteiger partial charge on any atom is 0.0363 e. The molecular formula is C28H24. The summed E-state index contributed by atoms with van der Waals surface area (Å²) in [5, 5.41) is 0. The van der Waals surface area contributed by atoms with Gasteiger partial charge in [0.2, 0.25) is 0 Å². The van der Waals surface area contributed by atoms with Crippen molar-refractivity contribution in [2.45, 2.75) is 25.2 Å². The summed E-state index contributed by atoms with van der Waals surface area (Å²) in [6.07, 6.45) is 8.73. The van der Waals surface area contributed by atoms with Crippen molar-refractivity contribution in [3.8, 4) is 11.1 Å². The van der Waals surface area contributed by atoms with Crippen LogP contribution in [0.25, 0.3) is 16.7 Å². The lowest BCUT2D eigenvalue weighted by atomic mass is 9.80. The SMILES string of the molecule is C=CC1(C)c2ccccc2-c2ccc(CC3=CC=C(c4ccccc4)C3)cc21. The lowest BCUT2D eigenvalue weighted by molar-refractivity contribution is 0.748. The van der Waals surface area contributed by atoms with Gasteiger partial charge < -0.3 is 0 Å². The monoisotopic (exact) mass is 360 g/mol. The minimum absolute atomic E-state index is 0.112. The van der Waals surface area contributed by atoms with Gasteiger partial charge in [0.15, 0.2) is 0 Å². The van der Waals surface area contributed by atoms with Crippen LogP contribution in [-0.2, 0) is 11.8 Å². The Hall–Kier alpha value is -3.12. The van der Waals surface area contributed by atoms with E-state index in [0.29, 0.717) is 0 Å². The molecular weight excluding hydrogens is 336 g/mol. The van der Waals surface area contributed by atoms with Gasteiger partial charge in [0.1, 0.15) is 0 Å². The zero-order chi connectivity index (χ0) is 19.1. The first kappa shape index (κ1) is 17.0. The molecule has 136 valence electrons. The molecule has 0 N–H and O–H groups in total. The van der Waals surface area contributed by atoms with Gasteiger partial charge in [0, 0.05) is 5.41 Å². The highest BCUT2D eigenvalue weighted by Gasteiger charge is 2.36. The average Bonchev–Trinajstić information content (AvgIpc) is 3.31. The molecule has 28 heavy (non-hydrogen) atoms. The van der Waals surface area contributed by atoms with Crippen LogP contribution in [0.4, 0.5) is 0 Å². The van der Waals surface area contributed by atoms with Crippen LogP contribution in [-0.4, -0.2) is 0 Å². The molecule has 0 fully saturated rings. The minimum atomic E-state index is -0.112. The van der Waals surface area contributed by atoms with Crippen LogP contribution in [0.3, 0.4) is 0 Å². The molecule has 0 saturated heterocycles. The van der Waals surface area contributed by atoms with Crippen molar-refractivity contribution in [1.82, 2.24) is 0 Å². The van der Waals surface area contributed by atoms with Crippen molar-refractivity contribution in [2.75, 3.05) is 0 Å². The van der Waals surface area contributed by atoms with Gasteiger partial charge in [-0.25, -0.2) is 0 Å². The molecule has 0 heteroatoms. The highest BCUT2D eigenvalue weighted by molar-refractivity contribution is 5.82. The van der Waals surface area contributed by atoms with Gasteiger partial charge >= 0.3 is 0 Å². The standard InChI is InChI=1S/C28H24/c1-3-28(2)26-12-8-7-11-24(26)25-16-14-21(19-27(25)28)17-20-13-15-23(18-20)22-9-5-4-6-10-22/h3-16,19H,1,17-18H2,2H3. The third-order valence-corrected chi connectivity index (χ3v) is 6.34. The number of benzene rings is 3. The summed E-state index contributed by atoms with van der Waals surface area (Å²) >= 11 is 0. The van der Waals surface area contributed by atoms with Crippen LogP contribution < -0.4 is 0 Å². The van der Waals surface area contributed by atoms with Gasteiger partial charge in [-0.05, 0) is 58.7 Å². The third-order valence-electron chi connectivity index (χ3n) is 6.34. The Bertz CT molecular complexity index is 1130. The van der Waals surface area contributed by atoms with E-state index < -0.39 is 0 Å². The fourth-order valence-corrected chi connectivity index (χ4v) is 4.72. The largest absolute Gasteiger partial charge is 0.102 e. The zero-order valence-corrected chi connectivity index (χ0v) is 16.3. The summed E-state index contributed by atoms with van der Waals surface area (Å²) in [4.78, 5) is 0. The molecule has 1 atom stereocenters. The summed E-state index contributed by atoms with van der Waals surface area (Å²) < 4.78 is 0. The van der Waals surface area contributed by atoms with Gasteiger partial charge in [-0.2, -0.15) is 0 Å². The normalized spacial score (nSPS) is 19.6. The van der Waals surface area contributed by atoms with Crippen LogP contribution in [0.15, 0.2) is 103 Å². The summed E-state index contributed by atoms with van der Waals surface area (Å²) in [5.41, 5.74) is 11.0. The molecule has 0 bridgehead atoms. The average molecular weight is 361 g/mol. The quantitative estimate of drug-likeness (QED) is 0.435. The molecule has 0 heterocycles. The molecule has 3 aromatic carbocycles. The van der Waals surface area contributed by atoms with Crippen molar-refractivity contribution < 1.29 is 0 Å². The lowest BCUT2D eigenvalue weighted by Crippen LogP contribution is -2.17. The predicted octanol–water partition coefficient (Wildman–Crippen LogP) is 7.12. The summed E-state index contributed by atoms with van der Waals surface area (Å²) in [5.74, 6) is 0. The Morgan fingerprint density at radius 2 is 1.61 bits per heavy atom. The van der Waals surface area contributed by atoms with Crippen LogP contribution >= 0.6 is 0 Å². The van der Waals surface area contributed by atoms with Crippen LogP contribution in [0.2, 0.25) is 0 Å². The number of hydrogen-bond donors (Lipinski definition) is 0. The molecule has 1 unspecified atom stereocenters. The molecule has 0 spiro atoms. The first-order valence-electron chi connectivity index (χ1n) is 10.00. The molecule has 0 radical (unpaired) electrons. The fraction of sp³-hybridized carbons (Fsp3) is 0.143. The molecule has 0 nitrogen and oxygen atoms in total. The van der Waals surface area contributed by atoms with Crippen molar-refractivity contribution in [3.05, 3.63) is 125 Å². The van der Waals surface area contributed by atoms with E-state index in [-0.39, 0.29) is 5.41 Å². The second kappa shape index (κ2) is 6.49. The number of fused-ring (bicyclic) bond motifs is 3. The Kier molecular flexibility index (Phi) is 3.94. The van der Waals surface area contributed by atoms with Crippen molar-refractivity contribution >= 4 is 5.57 Å². The third kappa shape index (κ3) is 2.60. The van der Waals surface area contributed by atoms with Gasteiger partial charge in [-0.3, -0.25) is 0 Å². The topological polar surface area (TPSA) is 0 Å². The summed E-state index contributed by atoms with van der Waals surface area (Å²) in [6, 6.07) is 26.4. The first-order valence-corrected chi connectivity index (χ1v) is 10.00. The van der Waals surface area contributed by atoms with Gasteiger partial charge in [-0.15, -0.1) is 6.58 Å². The van der Waals surface area contributed by atoms with E-state index in [2.05, 4.69) is 105 Å². The van der Waals surface area contributed by atoms with Crippen molar-refractivity contribution in [2.24, 2.45) is 0 Å². The second-order valence-corrected chi connectivity index (χ2v) is 8.07. The molecule has 5 rings (SSSR count). The number of hydrogen-bond acceptors (Lipinski definition) is 0. The summed E-state index contributed by atoms with van der Waals surface area (Å²) in [6.45, 7) is 6.46. The molecule has 3 aromatic rings. The van der Waals surface area contributed by atoms with E-state index in [1.165, 1.54) is 44.5 Å². The second-order valence-electron chi connectivity index (χ2n) is 8.07. The van der Waals surface area contributed by atoms with E-state index >= 15 is 0 Å². The van der Waals surface area contributed by atoms with Crippen molar-refractivity contribution in [3.63, 3.8) is 0 Å². The molecule has 0 aromatic heterocycles. The van der Waals surface area contributed by atoms with E-state index in [1.807, 2.05) is 0 Å². The van der Waals surface area contributed by atoms with Crippen LogP contribution in [0.5, 0.6) is 0 Å². The fourth-order valence-electron chi connectivity index (χ4n) is 4.72. The Labute approximate surface area is 167 Å². The lowest BCUT2D eigenvalue weighted by Gasteiger charge is -2.23. The van der Waals surface area contributed by atoms with Crippen LogP contribution in [0.1, 0.15) is 35.6 Å². The molecule has 2 aliphatic rings. The minimum Gasteiger partial charge on any atom is -0.102 e. The molecule has 2 aliphatic carbocycles. The molecule has 0 amide bonds. The van der Waals surface area contributed by atoms with E-state index in [0.717, 1.165) is 12.8 Å². The predicted molar refractivity (Wildman–Crippen MR) is 119 cm³/mol. The van der Waals surface area contributed by atoms with Gasteiger partial charge in [0.05, 0.1) is 0 Å². The maximum atomic E-state index is 4.17. The van der Waals surface area contributed by atoms with Crippen LogP contribution in [0, 0.1) is 0 Å². The Morgan fingerprint density at radius 1 is 0.857 bits per heavy atom. The van der Waals surface area contributed by atoms with E-state index in [1.54, 1.807) is 0 Å². The first-order chi connectivity index (χ1) is 13.7. The number of allylic oxidation sites excluding steroid dienone is 5. The molecule has 0 aliphatic heterocycles. The summed E-state index contributed by atoms with van der Waals surface area (Å²) in [7, 11) is 0. The highest BCUT2D eigenvalue weighted by Crippen LogP contribution is 2.49. The number of rotatable bonds is 4. The van der Waals surface area contributed by atoms with E-state index in [9.17, 15) is 0 Å². The molecule has 0 saturated carbocycles. The zero-order valence-electron chi connectivity index (χ0n) is 16.3. The maximum absolute atomic E-state index is 4.17. The Balaban J connectivity index is 1.42. The highest BCUT2D eigenvalue weighted by atomic mass is 14.4. The Morgan fingerprint density at radius 3 is 2.43 bits per heavy atom. The van der Waals surface area contributed by atoms with Crippen molar-refractivity contribution in [1.29, 1.82) is 0 Å². The van der Waals surface area contributed by atoms with Gasteiger partial charge in [0.25, 0.3) is 0 Å². The smallest absolute Gasteiger partial charge is 0.0363 e.